The molecule has 108 valence electrons. The molecule has 0 aliphatic carbocycles. The van der Waals surface area contributed by atoms with Crippen LogP contribution < -0.4 is 0 Å². The number of likely N-dealkylation sites (tertiary alicyclic amines) is 1. The minimum atomic E-state index is -0.700. The third-order valence-electron chi connectivity index (χ3n) is 3.25. The minimum absolute atomic E-state index is 0.132. The molecule has 1 atom stereocenters. The predicted octanol–water partition coefficient (Wildman–Crippen LogP) is 2.34. The van der Waals surface area contributed by atoms with Crippen LogP contribution in [0.15, 0.2) is 30.3 Å². The third kappa shape index (κ3) is 2.54. The molecular formula is C14H17NO3S2. The van der Waals surface area contributed by atoms with E-state index in [0.717, 1.165) is 5.56 Å². The number of carbonyl (C=O) groups is 2. The van der Waals surface area contributed by atoms with E-state index in [1.807, 2.05) is 42.8 Å². The molecule has 20 heavy (non-hydrogen) atoms. The van der Waals surface area contributed by atoms with E-state index in [-0.39, 0.29) is 5.91 Å². The van der Waals surface area contributed by atoms with E-state index in [0.29, 0.717) is 6.54 Å². The Morgan fingerprint density at radius 3 is 2.40 bits per heavy atom. The molecule has 0 radical (unpaired) electrons. The van der Waals surface area contributed by atoms with Crippen LogP contribution in [-0.2, 0) is 20.9 Å². The molecule has 1 fully saturated rings. The zero-order chi connectivity index (χ0) is 14.8. The Labute approximate surface area is 127 Å². The van der Waals surface area contributed by atoms with Crippen molar-refractivity contribution in [2.24, 2.45) is 0 Å². The quantitative estimate of drug-likeness (QED) is 0.474. The van der Waals surface area contributed by atoms with Gasteiger partial charge in [0.2, 0.25) is 6.10 Å². The molecule has 1 aromatic rings. The van der Waals surface area contributed by atoms with E-state index in [9.17, 15) is 9.59 Å². The maximum absolute atomic E-state index is 12.3. The zero-order valence-electron chi connectivity index (χ0n) is 11.7. The lowest BCUT2D eigenvalue weighted by Crippen LogP contribution is -2.71. The molecule has 1 unspecified atom stereocenters. The summed E-state index contributed by atoms with van der Waals surface area (Å²) >= 11 is 3.06. The predicted molar refractivity (Wildman–Crippen MR) is 82.3 cm³/mol. The fraction of sp³-hybridized carbons (Fsp3) is 0.429. The van der Waals surface area contributed by atoms with Crippen molar-refractivity contribution in [2.75, 3.05) is 12.5 Å². The highest BCUT2D eigenvalue weighted by atomic mass is 32.2. The van der Waals surface area contributed by atoms with Gasteiger partial charge < -0.3 is 9.64 Å². The van der Waals surface area contributed by atoms with Gasteiger partial charge in [-0.05, 0) is 18.1 Å². The van der Waals surface area contributed by atoms with Crippen molar-refractivity contribution in [3.05, 3.63) is 35.9 Å². The largest absolute Gasteiger partial charge is 0.448 e. The Kier molecular flexibility index (Phi) is 4.65. The topological polar surface area (TPSA) is 46.6 Å². The summed E-state index contributed by atoms with van der Waals surface area (Å²) in [7, 11) is 0. The highest BCUT2D eigenvalue weighted by Crippen LogP contribution is 2.50. The fourth-order valence-corrected chi connectivity index (χ4v) is 4.43. The van der Waals surface area contributed by atoms with Crippen LogP contribution in [0.3, 0.4) is 0 Å². The summed E-state index contributed by atoms with van der Waals surface area (Å²) in [5.41, 5.74) is 1.06. The highest BCUT2D eigenvalue weighted by molar-refractivity contribution is 8.17. The number of hydrogen-bond acceptors (Lipinski definition) is 5. The van der Waals surface area contributed by atoms with Gasteiger partial charge in [0.15, 0.2) is 4.20 Å². The van der Waals surface area contributed by atoms with Crippen molar-refractivity contribution in [1.29, 1.82) is 0 Å². The van der Waals surface area contributed by atoms with Gasteiger partial charge in [-0.15, -0.1) is 23.5 Å². The highest BCUT2D eigenvalue weighted by Gasteiger charge is 2.62. The molecule has 0 spiro atoms. The van der Waals surface area contributed by atoms with Crippen molar-refractivity contribution < 1.29 is 14.3 Å². The molecular weight excluding hydrogens is 294 g/mol. The molecule has 1 aliphatic heterocycles. The second kappa shape index (κ2) is 6.10. The molecule has 0 bridgehead atoms. The van der Waals surface area contributed by atoms with Crippen LogP contribution in [0.1, 0.15) is 12.5 Å². The van der Waals surface area contributed by atoms with Gasteiger partial charge >= 0.3 is 5.97 Å². The average Bonchev–Trinajstić information content (AvgIpc) is 2.46. The lowest BCUT2D eigenvalue weighted by Gasteiger charge is -2.54. The van der Waals surface area contributed by atoms with E-state index in [2.05, 4.69) is 0 Å². The van der Waals surface area contributed by atoms with Crippen molar-refractivity contribution in [1.82, 2.24) is 4.90 Å². The SMILES string of the molecule is CSC1(SC)C(OC(C)=O)C(=O)N1Cc1ccccc1. The number of thioether (sulfide) groups is 2. The van der Waals surface area contributed by atoms with Gasteiger partial charge in [0.05, 0.1) is 0 Å². The number of nitrogens with zero attached hydrogens (tertiary/aromatic N) is 1. The van der Waals surface area contributed by atoms with E-state index in [1.165, 1.54) is 30.4 Å². The Bertz CT molecular complexity index is 502. The van der Waals surface area contributed by atoms with Crippen LogP contribution in [0.25, 0.3) is 0 Å². The second-order valence-electron chi connectivity index (χ2n) is 4.44. The van der Waals surface area contributed by atoms with Gasteiger partial charge in [0.25, 0.3) is 5.91 Å². The zero-order valence-corrected chi connectivity index (χ0v) is 13.3. The van der Waals surface area contributed by atoms with Crippen LogP contribution in [0.4, 0.5) is 0 Å². The molecule has 2 rings (SSSR count). The molecule has 0 N–H and O–H groups in total. The summed E-state index contributed by atoms with van der Waals surface area (Å²) in [6, 6.07) is 9.81. The van der Waals surface area contributed by atoms with Crippen LogP contribution in [0, 0.1) is 0 Å². The molecule has 0 saturated carbocycles. The number of amides is 1. The van der Waals surface area contributed by atoms with Gasteiger partial charge in [-0.1, -0.05) is 30.3 Å². The Morgan fingerprint density at radius 2 is 1.90 bits per heavy atom. The Balaban J connectivity index is 2.20. The van der Waals surface area contributed by atoms with E-state index >= 15 is 0 Å². The van der Waals surface area contributed by atoms with E-state index in [4.69, 9.17) is 4.74 Å². The summed E-state index contributed by atoms with van der Waals surface area (Å²) in [6.07, 6.45) is 3.16. The van der Waals surface area contributed by atoms with Gasteiger partial charge in [0.1, 0.15) is 0 Å². The van der Waals surface area contributed by atoms with Crippen molar-refractivity contribution >= 4 is 35.4 Å². The lowest BCUT2D eigenvalue weighted by molar-refractivity contribution is -0.178. The first-order chi connectivity index (χ1) is 9.55. The Morgan fingerprint density at radius 1 is 1.30 bits per heavy atom. The van der Waals surface area contributed by atoms with E-state index < -0.39 is 16.3 Å². The molecule has 0 aromatic heterocycles. The summed E-state index contributed by atoms with van der Waals surface area (Å²) < 4.78 is 4.66. The molecule has 6 heteroatoms. The summed E-state index contributed by atoms with van der Waals surface area (Å²) in [5, 5.41) is 0. The second-order valence-corrected chi connectivity index (χ2v) is 6.76. The number of β-lactam (4-membered cyclic amide) rings is 1. The van der Waals surface area contributed by atoms with Gasteiger partial charge in [0, 0.05) is 13.5 Å². The normalized spacial score (nSPS) is 20.4. The molecule has 1 saturated heterocycles. The molecule has 1 amide bonds. The number of carbonyl (C=O) groups excluding carboxylic acids is 2. The first kappa shape index (κ1) is 15.3. The first-order valence-electron chi connectivity index (χ1n) is 6.18. The molecule has 1 aliphatic rings. The fourth-order valence-electron chi connectivity index (χ4n) is 2.29. The van der Waals surface area contributed by atoms with Crippen LogP contribution in [0.2, 0.25) is 0 Å². The maximum Gasteiger partial charge on any atom is 0.303 e. The van der Waals surface area contributed by atoms with Crippen molar-refractivity contribution in [2.45, 2.75) is 23.8 Å². The minimum Gasteiger partial charge on any atom is -0.448 e. The summed E-state index contributed by atoms with van der Waals surface area (Å²) in [5.74, 6) is -0.553. The number of esters is 1. The van der Waals surface area contributed by atoms with Gasteiger partial charge in [-0.2, -0.15) is 0 Å². The standard InChI is InChI=1S/C14H17NO3S2/c1-10(16)18-12-13(17)15(14(12,19-2)20-3)9-11-7-5-4-6-8-11/h4-8,12H,9H2,1-3H3. The van der Waals surface area contributed by atoms with Crippen LogP contribution in [0.5, 0.6) is 0 Å². The van der Waals surface area contributed by atoms with Gasteiger partial charge in [-0.3, -0.25) is 9.59 Å². The lowest BCUT2D eigenvalue weighted by atomic mass is 10.1. The smallest absolute Gasteiger partial charge is 0.303 e. The number of benzene rings is 1. The molecule has 1 aromatic carbocycles. The summed E-state index contributed by atoms with van der Waals surface area (Å²) in [4.78, 5) is 25.2. The van der Waals surface area contributed by atoms with E-state index in [1.54, 1.807) is 4.90 Å². The number of hydrogen-bond donors (Lipinski definition) is 0. The summed E-state index contributed by atoms with van der Waals surface area (Å²) in [6.45, 7) is 1.86. The van der Waals surface area contributed by atoms with Crippen molar-refractivity contribution in [3.8, 4) is 0 Å². The molecule has 1 heterocycles. The number of rotatable bonds is 5. The van der Waals surface area contributed by atoms with Crippen LogP contribution >= 0.6 is 23.5 Å². The first-order valence-corrected chi connectivity index (χ1v) is 8.63. The molecule has 4 nitrogen and oxygen atoms in total. The van der Waals surface area contributed by atoms with Crippen molar-refractivity contribution in [3.63, 3.8) is 0 Å². The average molecular weight is 311 g/mol. The monoisotopic (exact) mass is 311 g/mol. The third-order valence-corrected chi connectivity index (χ3v) is 6.29. The Hall–Kier alpha value is -1.14. The van der Waals surface area contributed by atoms with Crippen LogP contribution in [-0.4, -0.2) is 39.6 Å². The maximum atomic E-state index is 12.3. The van der Waals surface area contributed by atoms with Gasteiger partial charge in [-0.25, -0.2) is 0 Å². The number of ether oxygens (including phenoxy) is 1.